The molecule has 0 fully saturated rings. The Kier molecular flexibility index (Phi) is 4.53. The summed E-state index contributed by atoms with van der Waals surface area (Å²) in [7, 11) is 0. The van der Waals surface area contributed by atoms with E-state index in [-0.39, 0.29) is 0 Å². The van der Waals surface area contributed by atoms with Crippen LogP contribution in [-0.4, -0.2) is 27.3 Å². The fourth-order valence-corrected chi connectivity index (χ4v) is 3.12. The third-order valence-corrected chi connectivity index (χ3v) is 4.31. The zero-order chi connectivity index (χ0) is 15.4. The van der Waals surface area contributed by atoms with Gasteiger partial charge in [-0.1, -0.05) is 18.2 Å². The van der Waals surface area contributed by atoms with Gasteiger partial charge in [0.2, 0.25) is 0 Å². The highest BCUT2D eigenvalue weighted by Crippen LogP contribution is 2.24. The lowest BCUT2D eigenvalue weighted by Crippen LogP contribution is -2.38. The van der Waals surface area contributed by atoms with Gasteiger partial charge in [0.05, 0.1) is 0 Å². The van der Waals surface area contributed by atoms with Crippen LogP contribution >= 0.6 is 0 Å². The molecule has 0 radical (unpaired) electrons. The number of H-pyrrole nitrogens is 1. The molecule has 0 aliphatic heterocycles. The molecule has 0 bridgehead atoms. The van der Waals surface area contributed by atoms with Gasteiger partial charge in [-0.2, -0.15) is 5.10 Å². The molecule has 1 aromatic heterocycles. The molecule has 22 heavy (non-hydrogen) atoms. The Morgan fingerprint density at radius 3 is 2.95 bits per heavy atom. The zero-order valence-corrected chi connectivity index (χ0v) is 12.5. The van der Waals surface area contributed by atoms with Crippen LogP contribution in [0.5, 0.6) is 0 Å². The monoisotopic (exact) mass is 299 g/mol. The molecule has 0 spiro atoms. The Labute approximate surface area is 129 Å². The molecular formula is C17H21N3O2. The lowest BCUT2D eigenvalue weighted by molar-refractivity contribution is -0.139. The van der Waals surface area contributed by atoms with Gasteiger partial charge in [-0.05, 0) is 48.4 Å². The highest BCUT2D eigenvalue weighted by atomic mass is 16.4. The van der Waals surface area contributed by atoms with Crippen molar-refractivity contribution >= 4 is 5.97 Å². The molecule has 3 rings (SSSR count). The van der Waals surface area contributed by atoms with Crippen LogP contribution in [-0.2, 0) is 30.6 Å². The van der Waals surface area contributed by atoms with E-state index in [0.29, 0.717) is 13.0 Å². The summed E-state index contributed by atoms with van der Waals surface area (Å²) in [4.78, 5) is 11.4. The van der Waals surface area contributed by atoms with Gasteiger partial charge in [0.1, 0.15) is 6.04 Å². The molecule has 116 valence electrons. The molecular weight excluding hydrogens is 278 g/mol. The van der Waals surface area contributed by atoms with Gasteiger partial charge in [0.15, 0.2) is 0 Å². The first-order valence-corrected chi connectivity index (χ1v) is 7.78. The van der Waals surface area contributed by atoms with Crippen LogP contribution in [0.25, 0.3) is 0 Å². The number of rotatable bonds is 6. The largest absolute Gasteiger partial charge is 0.480 e. The maximum absolute atomic E-state index is 11.4. The molecule has 0 saturated carbocycles. The Hall–Kier alpha value is -2.14. The number of fused-ring (bicyclic) bond motifs is 1. The maximum Gasteiger partial charge on any atom is 0.321 e. The Morgan fingerprint density at radius 1 is 1.32 bits per heavy atom. The molecule has 5 nitrogen and oxygen atoms in total. The van der Waals surface area contributed by atoms with Crippen molar-refractivity contribution in [2.24, 2.45) is 0 Å². The van der Waals surface area contributed by atoms with Crippen LogP contribution in [0.15, 0.2) is 30.5 Å². The van der Waals surface area contributed by atoms with E-state index in [1.807, 2.05) is 6.07 Å². The van der Waals surface area contributed by atoms with E-state index in [1.165, 1.54) is 29.5 Å². The number of aryl methyl sites for hydroxylation is 1. The van der Waals surface area contributed by atoms with Crippen LogP contribution in [0, 0.1) is 0 Å². The molecule has 1 unspecified atom stereocenters. The lowest BCUT2D eigenvalue weighted by Gasteiger charge is -2.21. The first-order chi connectivity index (χ1) is 10.7. The Bertz CT molecular complexity index is 637. The third-order valence-electron chi connectivity index (χ3n) is 4.31. The number of carboxylic acid groups (broad SMARTS) is 1. The molecule has 1 heterocycles. The van der Waals surface area contributed by atoms with Crippen molar-refractivity contribution in [2.75, 3.05) is 0 Å². The van der Waals surface area contributed by atoms with Gasteiger partial charge >= 0.3 is 5.97 Å². The van der Waals surface area contributed by atoms with Crippen LogP contribution < -0.4 is 5.32 Å². The second-order valence-corrected chi connectivity index (χ2v) is 5.82. The van der Waals surface area contributed by atoms with Crippen molar-refractivity contribution < 1.29 is 9.90 Å². The van der Waals surface area contributed by atoms with Crippen molar-refractivity contribution in [1.82, 2.24) is 15.5 Å². The second-order valence-electron chi connectivity index (χ2n) is 5.82. The fraction of sp³-hybridized carbons (Fsp3) is 0.412. The normalized spacial score (nSPS) is 15.3. The van der Waals surface area contributed by atoms with Crippen LogP contribution in [0.3, 0.4) is 0 Å². The average molecular weight is 299 g/mol. The molecule has 1 aromatic carbocycles. The van der Waals surface area contributed by atoms with Crippen LogP contribution in [0.2, 0.25) is 0 Å². The number of hydrogen-bond acceptors (Lipinski definition) is 3. The van der Waals surface area contributed by atoms with Crippen molar-refractivity contribution in [3.63, 3.8) is 0 Å². The summed E-state index contributed by atoms with van der Waals surface area (Å²) in [6.45, 7) is 0.592. The van der Waals surface area contributed by atoms with Crippen LogP contribution in [0.1, 0.15) is 35.2 Å². The summed E-state index contributed by atoms with van der Waals surface area (Å²) in [5.41, 5.74) is 4.89. The summed E-state index contributed by atoms with van der Waals surface area (Å²) in [6.07, 6.45) is 6.76. The highest BCUT2D eigenvalue weighted by Gasteiger charge is 2.19. The molecule has 1 aliphatic carbocycles. The third kappa shape index (κ3) is 3.36. The molecule has 0 saturated heterocycles. The van der Waals surface area contributed by atoms with Crippen LogP contribution in [0.4, 0.5) is 0 Å². The van der Waals surface area contributed by atoms with Crippen molar-refractivity contribution in [3.05, 3.63) is 52.8 Å². The van der Waals surface area contributed by atoms with Gasteiger partial charge in [-0.3, -0.25) is 15.2 Å². The molecule has 0 amide bonds. The number of benzene rings is 1. The van der Waals surface area contributed by atoms with Gasteiger partial charge in [-0.25, -0.2) is 0 Å². The average Bonchev–Trinajstić information content (AvgIpc) is 3.04. The number of aliphatic carboxylic acids is 1. The molecule has 1 aliphatic rings. The number of aromatic amines is 1. The zero-order valence-electron chi connectivity index (χ0n) is 12.5. The van der Waals surface area contributed by atoms with E-state index in [4.69, 9.17) is 0 Å². The van der Waals surface area contributed by atoms with Gasteiger partial charge in [0, 0.05) is 24.9 Å². The summed E-state index contributed by atoms with van der Waals surface area (Å²) in [6, 6.07) is 7.57. The smallest absolute Gasteiger partial charge is 0.321 e. The van der Waals surface area contributed by atoms with Gasteiger partial charge in [0.25, 0.3) is 0 Å². The van der Waals surface area contributed by atoms with E-state index >= 15 is 0 Å². The summed E-state index contributed by atoms with van der Waals surface area (Å²) >= 11 is 0. The Morgan fingerprint density at radius 2 is 2.18 bits per heavy atom. The topological polar surface area (TPSA) is 78.0 Å². The van der Waals surface area contributed by atoms with Gasteiger partial charge in [-0.15, -0.1) is 0 Å². The number of nitrogens with zero attached hydrogens (tertiary/aromatic N) is 1. The van der Waals surface area contributed by atoms with E-state index < -0.39 is 12.0 Å². The van der Waals surface area contributed by atoms with E-state index in [9.17, 15) is 9.90 Å². The van der Waals surface area contributed by atoms with E-state index in [0.717, 1.165) is 18.5 Å². The molecule has 2 aromatic rings. The fourth-order valence-electron chi connectivity index (χ4n) is 3.12. The standard InChI is InChI=1S/C17H21N3O2/c21-17(22)16(10-14-8-9-19-20-14)18-11-13-6-3-5-12-4-1-2-7-15(12)13/h3,5-6,8-9,16,18H,1-2,4,7,10-11H2,(H,19,20)(H,21,22). The van der Waals surface area contributed by atoms with E-state index in [2.05, 4.69) is 33.7 Å². The molecule has 5 heteroatoms. The number of carboxylic acids is 1. The first kappa shape index (κ1) is 14.8. The second kappa shape index (κ2) is 6.75. The Balaban J connectivity index is 1.68. The van der Waals surface area contributed by atoms with Crippen molar-refractivity contribution in [1.29, 1.82) is 0 Å². The SMILES string of the molecule is O=C(O)C(Cc1ccn[nH]1)NCc1cccc2c1CCCC2. The predicted octanol–water partition coefficient (Wildman–Crippen LogP) is 2.07. The van der Waals surface area contributed by atoms with E-state index in [1.54, 1.807) is 6.20 Å². The summed E-state index contributed by atoms with van der Waals surface area (Å²) < 4.78 is 0. The lowest BCUT2D eigenvalue weighted by atomic mass is 9.88. The first-order valence-electron chi connectivity index (χ1n) is 7.78. The van der Waals surface area contributed by atoms with Crippen molar-refractivity contribution in [2.45, 2.75) is 44.7 Å². The minimum Gasteiger partial charge on any atom is -0.480 e. The number of carbonyl (C=O) groups is 1. The molecule has 1 atom stereocenters. The number of aromatic nitrogens is 2. The minimum absolute atomic E-state index is 0.407. The summed E-state index contributed by atoms with van der Waals surface area (Å²) in [5.74, 6) is -0.834. The summed E-state index contributed by atoms with van der Waals surface area (Å²) in [5, 5.41) is 19.3. The quantitative estimate of drug-likeness (QED) is 0.763. The molecule has 3 N–H and O–H groups in total. The van der Waals surface area contributed by atoms with Crippen molar-refractivity contribution in [3.8, 4) is 0 Å². The highest BCUT2D eigenvalue weighted by molar-refractivity contribution is 5.73. The number of nitrogens with one attached hydrogen (secondary N) is 2. The predicted molar refractivity (Wildman–Crippen MR) is 83.6 cm³/mol. The van der Waals surface area contributed by atoms with Gasteiger partial charge < -0.3 is 5.11 Å². The number of hydrogen-bond donors (Lipinski definition) is 3. The maximum atomic E-state index is 11.4. The minimum atomic E-state index is -0.834.